The van der Waals surface area contributed by atoms with Crippen molar-refractivity contribution in [3.05, 3.63) is 29.3 Å². The predicted molar refractivity (Wildman–Crippen MR) is 88.8 cm³/mol. The van der Waals surface area contributed by atoms with Gasteiger partial charge in [-0.25, -0.2) is 4.79 Å². The van der Waals surface area contributed by atoms with Crippen LogP contribution in [0.2, 0.25) is 0 Å². The van der Waals surface area contributed by atoms with Crippen LogP contribution in [0.5, 0.6) is 5.75 Å². The summed E-state index contributed by atoms with van der Waals surface area (Å²) in [5.41, 5.74) is 2.02. The number of likely N-dealkylation sites (N-methyl/N-ethyl adjacent to an activating group) is 1. The molecule has 0 saturated carbocycles. The molecule has 7 nitrogen and oxygen atoms in total. The second kappa shape index (κ2) is 9.54. The van der Waals surface area contributed by atoms with Gasteiger partial charge in [-0.1, -0.05) is 26.0 Å². The topological polar surface area (TPSA) is 93.7 Å². The lowest BCUT2D eigenvalue weighted by molar-refractivity contribution is -0.150. The van der Waals surface area contributed by atoms with Gasteiger partial charge in [-0.3, -0.25) is 9.59 Å². The maximum Gasteiger partial charge on any atom is 0.344 e. The monoisotopic (exact) mass is 336 g/mol. The molecular weight excluding hydrogens is 312 g/mol. The predicted octanol–water partition coefficient (Wildman–Crippen LogP) is 0.903. The molecule has 1 aromatic rings. The van der Waals surface area contributed by atoms with Gasteiger partial charge in [0.25, 0.3) is 5.91 Å². The molecular formula is C17H24N2O5. The Labute approximate surface area is 141 Å². The number of carbonyl (C=O) groups is 3. The van der Waals surface area contributed by atoms with E-state index in [0.717, 1.165) is 11.1 Å². The first-order valence-corrected chi connectivity index (χ1v) is 7.69. The highest BCUT2D eigenvalue weighted by atomic mass is 16.6. The molecule has 1 rings (SSSR count). The molecule has 0 aliphatic rings. The van der Waals surface area contributed by atoms with Gasteiger partial charge in [0.1, 0.15) is 5.75 Å². The minimum atomic E-state index is -0.653. The van der Waals surface area contributed by atoms with E-state index in [1.165, 1.54) is 7.05 Å². The average molecular weight is 336 g/mol. The summed E-state index contributed by atoms with van der Waals surface area (Å²) in [5.74, 6) is -0.575. The van der Waals surface area contributed by atoms with E-state index in [1.54, 1.807) is 0 Å². The number of amides is 2. The molecule has 2 N–H and O–H groups in total. The number of nitrogens with one attached hydrogen (secondary N) is 2. The molecule has 24 heavy (non-hydrogen) atoms. The van der Waals surface area contributed by atoms with Crippen LogP contribution in [0.3, 0.4) is 0 Å². The summed E-state index contributed by atoms with van der Waals surface area (Å²) in [6.45, 7) is 5.12. The van der Waals surface area contributed by atoms with Crippen LogP contribution in [0.4, 0.5) is 0 Å². The molecule has 0 atom stereocenters. The van der Waals surface area contributed by atoms with Crippen LogP contribution in [0.15, 0.2) is 18.2 Å². The van der Waals surface area contributed by atoms with Crippen LogP contribution in [0.1, 0.15) is 30.9 Å². The van der Waals surface area contributed by atoms with Crippen LogP contribution in [0, 0.1) is 6.92 Å². The Balaban J connectivity index is 2.40. The van der Waals surface area contributed by atoms with E-state index in [1.807, 2.05) is 25.1 Å². The van der Waals surface area contributed by atoms with Crippen molar-refractivity contribution in [3.63, 3.8) is 0 Å². The molecule has 0 aromatic heterocycles. The van der Waals surface area contributed by atoms with Gasteiger partial charge in [0, 0.05) is 7.05 Å². The third-order valence-corrected chi connectivity index (χ3v) is 3.31. The highest BCUT2D eigenvalue weighted by Gasteiger charge is 2.11. The van der Waals surface area contributed by atoms with Crippen LogP contribution in [-0.4, -0.2) is 44.6 Å². The van der Waals surface area contributed by atoms with Crippen molar-refractivity contribution in [3.8, 4) is 5.75 Å². The summed E-state index contributed by atoms with van der Waals surface area (Å²) in [5, 5.41) is 4.68. The number of carbonyl (C=O) groups excluding carboxylic acids is 3. The van der Waals surface area contributed by atoms with Crippen molar-refractivity contribution in [2.75, 3.05) is 26.8 Å². The highest BCUT2D eigenvalue weighted by molar-refractivity contribution is 5.86. The zero-order valence-corrected chi connectivity index (χ0v) is 14.5. The Kier molecular flexibility index (Phi) is 7.74. The standard InChI is InChI=1S/C17H24N2O5/c1-11(2)13-6-5-12(3)14(7-13)23-10-17(22)24-9-16(21)19-8-15(20)18-4/h5-7,11H,8-10H2,1-4H3,(H,18,20)(H,19,21). The Bertz CT molecular complexity index is 599. The molecule has 0 unspecified atom stereocenters. The van der Waals surface area contributed by atoms with E-state index >= 15 is 0 Å². The van der Waals surface area contributed by atoms with E-state index in [-0.39, 0.29) is 19.1 Å². The maximum atomic E-state index is 11.6. The lowest BCUT2D eigenvalue weighted by Crippen LogP contribution is -2.37. The SMILES string of the molecule is CNC(=O)CNC(=O)COC(=O)COc1cc(C(C)C)ccc1C. The molecule has 2 amide bonds. The third kappa shape index (κ3) is 6.68. The van der Waals surface area contributed by atoms with Crippen molar-refractivity contribution in [1.29, 1.82) is 0 Å². The van der Waals surface area contributed by atoms with Crippen LogP contribution in [0.25, 0.3) is 0 Å². The molecule has 0 saturated heterocycles. The lowest BCUT2D eigenvalue weighted by atomic mass is 10.0. The number of aryl methyl sites for hydroxylation is 1. The zero-order chi connectivity index (χ0) is 18.1. The zero-order valence-electron chi connectivity index (χ0n) is 14.5. The number of rotatable bonds is 8. The second-order valence-corrected chi connectivity index (χ2v) is 5.58. The van der Waals surface area contributed by atoms with Gasteiger partial charge in [0.2, 0.25) is 5.91 Å². The van der Waals surface area contributed by atoms with E-state index in [2.05, 4.69) is 24.5 Å². The first-order chi connectivity index (χ1) is 11.3. The summed E-state index contributed by atoms with van der Waals surface area (Å²) >= 11 is 0. The van der Waals surface area contributed by atoms with E-state index in [9.17, 15) is 14.4 Å². The quantitative estimate of drug-likeness (QED) is 0.688. The first kappa shape index (κ1) is 19.5. The minimum absolute atomic E-state index is 0.162. The molecule has 0 aliphatic carbocycles. The van der Waals surface area contributed by atoms with E-state index in [0.29, 0.717) is 11.7 Å². The fraction of sp³-hybridized carbons (Fsp3) is 0.471. The van der Waals surface area contributed by atoms with E-state index < -0.39 is 18.5 Å². The van der Waals surface area contributed by atoms with Gasteiger partial charge < -0.3 is 20.1 Å². The molecule has 132 valence electrons. The molecule has 0 radical (unpaired) electrons. The summed E-state index contributed by atoms with van der Waals surface area (Å²) in [4.78, 5) is 34.0. The second-order valence-electron chi connectivity index (χ2n) is 5.58. The fourth-order valence-corrected chi connectivity index (χ4v) is 1.77. The molecule has 7 heteroatoms. The largest absolute Gasteiger partial charge is 0.482 e. The Morgan fingerprint density at radius 1 is 1.12 bits per heavy atom. The summed E-state index contributed by atoms with van der Waals surface area (Å²) < 4.78 is 10.3. The Hall–Kier alpha value is -2.57. The summed E-state index contributed by atoms with van der Waals surface area (Å²) in [7, 11) is 1.46. The van der Waals surface area contributed by atoms with Gasteiger partial charge in [-0.15, -0.1) is 0 Å². The molecule has 0 fully saturated rings. The fourth-order valence-electron chi connectivity index (χ4n) is 1.77. The Morgan fingerprint density at radius 2 is 1.83 bits per heavy atom. The van der Waals surface area contributed by atoms with Gasteiger partial charge in [0.15, 0.2) is 13.2 Å². The van der Waals surface area contributed by atoms with Gasteiger partial charge in [-0.2, -0.15) is 0 Å². The number of esters is 1. The van der Waals surface area contributed by atoms with Gasteiger partial charge in [0.05, 0.1) is 6.54 Å². The average Bonchev–Trinajstić information content (AvgIpc) is 2.56. The van der Waals surface area contributed by atoms with Crippen LogP contribution >= 0.6 is 0 Å². The van der Waals surface area contributed by atoms with Crippen molar-refractivity contribution < 1.29 is 23.9 Å². The lowest BCUT2D eigenvalue weighted by Gasteiger charge is -2.12. The molecule has 0 aliphatic heterocycles. The minimum Gasteiger partial charge on any atom is -0.482 e. The van der Waals surface area contributed by atoms with Crippen molar-refractivity contribution in [2.24, 2.45) is 0 Å². The molecule has 1 aromatic carbocycles. The van der Waals surface area contributed by atoms with Crippen LogP contribution < -0.4 is 15.4 Å². The van der Waals surface area contributed by atoms with Gasteiger partial charge >= 0.3 is 5.97 Å². The molecule has 0 spiro atoms. The highest BCUT2D eigenvalue weighted by Crippen LogP contribution is 2.24. The smallest absolute Gasteiger partial charge is 0.344 e. The number of benzene rings is 1. The summed E-state index contributed by atoms with van der Waals surface area (Å²) in [6.07, 6.45) is 0. The van der Waals surface area contributed by atoms with E-state index in [4.69, 9.17) is 9.47 Å². The third-order valence-electron chi connectivity index (χ3n) is 3.31. The molecule has 0 heterocycles. The number of hydrogen-bond acceptors (Lipinski definition) is 5. The van der Waals surface area contributed by atoms with Crippen molar-refractivity contribution in [2.45, 2.75) is 26.7 Å². The number of ether oxygens (including phenoxy) is 2. The number of hydrogen-bond donors (Lipinski definition) is 2. The Morgan fingerprint density at radius 3 is 2.46 bits per heavy atom. The van der Waals surface area contributed by atoms with Crippen LogP contribution in [-0.2, 0) is 19.1 Å². The summed E-state index contributed by atoms with van der Waals surface area (Å²) in [6, 6.07) is 5.84. The first-order valence-electron chi connectivity index (χ1n) is 7.69. The maximum absolute atomic E-state index is 11.6. The van der Waals surface area contributed by atoms with Gasteiger partial charge in [-0.05, 0) is 30.0 Å². The molecule has 0 bridgehead atoms. The normalized spacial score (nSPS) is 10.2. The van der Waals surface area contributed by atoms with Crippen molar-refractivity contribution >= 4 is 17.8 Å². The van der Waals surface area contributed by atoms with Crippen molar-refractivity contribution in [1.82, 2.24) is 10.6 Å².